The van der Waals surface area contributed by atoms with Gasteiger partial charge in [-0.05, 0) is 151 Å². The number of rotatable bonds is 8. The van der Waals surface area contributed by atoms with E-state index in [-0.39, 0.29) is 0 Å². The van der Waals surface area contributed by atoms with E-state index in [9.17, 15) is 0 Å². The molecule has 1 atom stereocenters. The van der Waals surface area contributed by atoms with E-state index in [4.69, 9.17) is 4.99 Å². The molecule has 7 aromatic carbocycles. The van der Waals surface area contributed by atoms with Crippen LogP contribution in [0.25, 0.3) is 77.3 Å². The lowest BCUT2D eigenvalue weighted by molar-refractivity contribution is 0.744. The van der Waals surface area contributed by atoms with Gasteiger partial charge < -0.3 is 5.32 Å². The first-order chi connectivity index (χ1) is 29.9. The van der Waals surface area contributed by atoms with E-state index in [0.717, 1.165) is 29.7 Å². The zero-order valence-corrected chi connectivity index (χ0v) is 35.8. The molecular formula is C59H54N2. The summed E-state index contributed by atoms with van der Waals surface area (Å²) in [4.78, 5) is 4.81. The fourth-order valence-corrected chi connectivity index (χ4v) is 8.32. The van der Waals surface area contributed by atoms with Crippen molar-refractivity contribution < 1.29 is 0 Å². The van der Waals surface area contributed by atoms with Gasteiger partial charge in [-0.1, -0.05) is 173 Å². The van der Waals surface area contributed by atoms with Crippen molar-refractivity contribution in [3.8, 4) is 44.5 Å². The van der Waals surface area contributed by atoms with Crippen molar-refractivity contribution in [1.29, 1.82) is 0 Å². The van der Waals surface area contributed by atoms with Crippen LogP contribution in [-0.2, 0) is 0 Å². The Balaban J connectivity index is 0.00000166. The normalized spacial score (nSPS) is 16.7. The predicted molar refractivity (Wildman–Crippen MR) is 267 cm³/mol. The molecular weight excluding hydrogens is 737 g/mol. The van der Waals surface area contributed by atoms with E-state index in [1.54, 1.807) is 12.3 Å². The Morgan fingerprint density at radius 2 is 1.16 bits per heavy atom. The lowest BCUT2D eigenvalue weighted by Crippen LogP contribution is -2.14. The zero-order valence-electron chi connectivity index (χ0n) is 35.8. The molecule has 1 heterocycles. The first kappa shape index (κ1) is 40.7. The molecule has 9 rings (SSSR count). The molecule has 0 aromatic heterocycles. The van der Waals surface area contributed by atoms with Gasteiger partial charge in [0.1, 0.15) is 0 Å². The highest BCUT2D eigenvalue weighted by atomic mass is 14.9. The van der Waals surface area contributed by atoms with Crippen molar-refractivity contribution in [3.05, 3.63) is 211 Å². The number of aryl methyl sites for hydroxylation is 1. The summed E-state index contributed by atoms with van der Waals surface area (Å²) in [5.74, 6) is 0.539. The summed E-state index contributed by atoms with van der Waals surface area (Å²) >= 11 is 0. The summed E-state index contributed by atoms with van der Waals surface area (Å²) in [7, 11) is 0. The molecule has 1 N–H and O–H groups in total. The highest BCUT2D eigenvalue weighted by molar-refractivity contribution is 6.15. The van der Waals surface area contributed by atoms with Crippen molar-refractivity contribution in [1.82, 2.24) is 5.32 Å². The molecule has 7 aromatic rings. The molecule has 0 spiro atoms. The first-order valence-electron chi connectivity index (χ1n) is 21.7. The standard InChI is InChI=1S/C56H46N2.C3H8/c1-4-29-58-56-39(3)51-24-5-6-25-52(51)54-37-47(27-28-53(54)56)45-22-12-20-43(32-45)41-18-11-19-42(31-41)44-21-13-23-46(33-44)49-34-48(40-16-9-14-38(2)15-10-17-40)35-50(36-49)55-26-7-8-30-57-55;1-3-2/h4-14,16-29,31-38,57H,1,15,30H2,2-3H3;3H2,1-2H3/b14-9-,17-10-,40-16+,58-29?;. The van der Waals surface area contributed by atoms with Gasteiger partial charge >= 0.3 is 0 Å². The Kier molecular flexibility index (Phi) is 12.6. The average Bonchev–Trinajstić information content (AvgIpc) is 3.30. The summed E-state index contributed by atoms with van der Waals surface area (Å²) in [5.41, 5.74) is 16.4. The highest BCUT2D eigenvalue weighted by Crippen LogP contribution is 2.40. The van der Waals surface area contributed by atoms with Crippen molar-refractivity contribution in [3.63, 3.8) is 0 Å². The van der Waals surface area contributed by atoms with Gasteiger partial charge in [0, 0.05) is 23.8 Å². The monoisotopic (exact) mass is 790 g/mol. The molecule has 1 aliphatic heterocycles. The van der Waals surface area contributed by atoms with Crippen LogP contribution in [0.4, 0.5) is 5.69 Å². The summed E-state index contributed by atoms with van der Waals surface area (Å²) in [6.07, 6.45) is 23.6. The van der Waals surface area contributed by atoms with Crippen LogP contribution in [0.15, 0.2) is 200 Å². The Labute approximate surface area is 362 Å². The van der Waals surface area contributed by atoms with Gasteiger partial charge in [0.15, 0.2) is 0 Å². The average molecular weight is 791 g/mol. The smallest absolute Gasteiger partial charge is 0.0743 e. The molecule has 2 heteroatoms. The molecule has 2 nitrogen and oxygen atoms in total. The molecule has 1 aliphatic carbocycles. The van der Waals surface area contributed by atoms with Crippen molar-refractivity contribution in [2.75, 3.05) is 6.54 Å². The minimum atomic E-state index is 0.539. The Hall–Kier alpha value is -7.03. The van der Waals surface area contributed by atoms with E-state index in [2.05, 4.69) is 222 Å². The third-order valence-electron chi connectivity index (χ3n) is 11.4. The third-order valence-corrected chi connectivity index (χ3v) is 11.4. The van der Waals surface area contributed by atoms with E-state index in [1.165, 1.54) is 89.4 Å². The van der Waals surface area contributed by atoms with Crippen LogP contribution in [0.1, 0.15) is 50.3 Å². The van der Waals surface area contributed by atoms with Gasteiger partial charge in [-0.15, -0.1) is 0 Å². The number of fused-ring (bicyclic) bond motifs is 3. The maximum Gasteiger partial charge on any atom is 0.0743 e. The first-order valence-corrected chi connectivity index (χ1v) is 21.7. The maximum atomic E-state index is 4.81. The Bertz CT molecular complexity index is 2930. The van der Waals surface area contributed by atoms with Crippen molar-refractivity contribution in [2.45, 2.75) is 40.5 Å². The van der Waals surface area contributed by atoms with Gasteiger partial charge in [0.05, 0.1) is 5.69 Å². The second-order valence-corrected chi connectivity index (χ2v) is 16.1. The summed E-state index contributed by atoms with van der Waals surface area (Å²) in [6, 6.07) is 49.2. The van der Waals surface area contributed by atoms with Crippen molar-refractivity contribution in [2.24, 2.45) is 10.9 Å². The molecule has 0 saturated carbocycles. The predicted octanol–water partition coefficient (Wildman–Crippen LogP) is 16.3. The van der Waals surface area contributed by atoms with Gasteiger partial charge in [-0.2, -0.15) is 0 Å². The van der Waals surface area contributed by atoms with Gasteiger partial charge in [-0.25, -0.2) is 0 Å². The summed E-state index contributed by atoms with van der Waals surface area (Å²) < 4.78 is 0. The molecule has 300 valence electrons. The largest absolute Gasteiger partial charge is 0.381 e. The summed E-state index contributed by atoms with van der Waals surface area (Å²) in [6.45, 7) is 13.4. The molecule has 0 bridgehead atoms. The molecule has 0 saturated heterocycles. The number of benzene rings is 7. The summed E-state index contributed by atoms with van der Waals surface area (Å²) in [5, 5.41) is 8.39. The minimum absolute atomic E-state index is 0.539. The van der Waals surface area contributed by atoms with E-state index in [1.807, 2.05) is 0 Å². The van der Waals surface area contributed by atoms with Crippen LogP contribution >= 0.6 is 0 Å². The SMILES string of the molecule is C=CC=Nc1c(C)c2ccccc2c2cc(-c3cccc(-c4cccc(-c5cccc(-c6cc(C7=CC=CCN7)cc(C7=C/C=C\C(C)C/C=C\7)c6)c5)c4)c3)ccc12.CCC. The topological polar surface area (TPSA) is 24.4 Å². The Morgan fingerprint density at radius 3 is 1.79 bits per heavy atom. The number of nitrogens with one attached hydrogen (secondary N) is 1. The molecule has 0 amide bonds. The van der Waals surface area contributed by atoms with Crippen LogP contribution in [0.3, 0.4) is 0 Å². The number of allylic oxidation sites excluding steroid dienone is 9. The minimum Gasteiger partial charge on any atom is -0.381 e. The number of dihydropyridines is 1. The number of hydrogen-bond acceptors (Lipinski definition) is 2. The number of nitrogens with zero attached hydrogens (tertiary/aromatic N) is 1. The second kappa shape index (κ2) is 18.9. The molecule has 0 fully saturated rings. The van der Waals surface area contributed by atoms with Crippen LogP contribution in [0.2, 0.25) is 0 Å². The van der Waals surface area contributed by atoms with E-state index < -0.39 is 0 Å². The fourth-order valence-electron chi connectivity index (χ4n) is 8.32. The van der Waals surface area contributed by atoms with Crippen LogP contribution in [0.5, 0.6) is 0 Å². The lowest BCUT2D eigenvalue weighted by Gasteiger charge is -2.17. The van der Waals surface area contributed by atoms with Crippen LogP contribution < -0.4 is 5.32 Å². The fraction of sp³-hybridized carbons (Fsp3) is 0.136. The second-order valence-electron chi connectivity index (χ2n) is 16.1. The number of aliphatic imine (C=N–C) groups is 1. The highest BCUT2D eigenvalue weighted by Gasteiger charge is 2.14. The van der Waals surface area contributed by atoms with Crippen LogP contribution in [-0.4, -0.2) is 12.8 Å². The van der Waals surface area contributed by atoms with Crippen LogP contribution in [0, 0.1) is 12.8 Å². The molecule has 0 radical (unpaired) electrons. The quantitative estimate of drug-likeness (QED) is 0.120. The molecule has 61 heavy (non-hydrogen) atoms. The van der Waals surface area contributed by atoms with Gasteiger partial charge in [0.2, 0.25) is 0 Å². The molecule has 2 aliphatic rings. The van der Waals surface area contributed by atoms with Gasteiger partial charge in [0.25, 0.3) is 0 Å². The molecule has 1 unspecified atom stereocenters. The third kappa shape index (κ3) is 9.10. The lowest BCUT2D eigenvalue weighted by atomic mass is 9.91. The Morgan fingerprint density at radius 1 is 0.590 bits per heavy atom. The van der Waals surface area contributed by atoms with E-state index >= 15 is 0 Å². The van der Waals surface area contributed by atoms with Crippen molar-refractivity contribution >= 4 is 44.7 Å². The van der Waals surface area contributed by atoms with E-state index in [0.29, 0.717) is 5.92 Å². The van der Waals surface area contributed by atoms with Gasteiger partial charge in [-0.3, -0.25) is 4.99 Å². The number of hydrogen-bond donors (Lipinski definition) is 1. The zero-order chi connectivity index (χ0) is 42.1. The maximum absolute atomic E-state index is 4.81.